The van der Waals surface area contributed by atoms with Crippen molar-refractivity contribution < 1.29 is 22.8 Å². The Morgan fingerprint density at radius 3 is 2.40 bits per heavy atom. The van der Waals surface area contributed by atoms with E-state index in [1.54, 1.807) is 20.8 Å². The van der Waals surface area contributed by atoms with E-state index < -0.39 is 40.8 Å². The number of hydrogen-bond acceptors (Lipinski definition) is 4. The molecule has 30 heavy (non-hydrogen) atoms. The van der Waals surface area contributed by atoms with Crippen molar-refractivity contribution >= 4 is 11.9 Å². The number of aromatic nitrogens is 2. The van der Waals surface area contributed by atoms with E-state index in [1.807, 2.05) is 11.9 Å². The number of rotatable bonds is 3. The van der Waals surface area contributed by atoms with Crippen LogP contribution in [0.1, 0.15) is 32.0 Å². The van der Waals surface area contributed by atoms with Crippen LogP contribution in [0.15, 0.2) is 12.1 Å². The van der Waals surface area contributed by atoms with E-state index in [-0.39, 0.29) is 11.3 Å². The van der Waals surface area contributed by atoms with Gasteiger partial charge in [0.15, 0.2) is 11.6 Å². The van der Waals surface area contributed by atoms with Gasteiger partial charge in [0.2, 0.25) is 5.91 Å². The number of nitrogens with two attached hydrogens (primary N) is 1. The zero-order valence-electron chi connectivity index (χ0n) is 17.2. The molecule has 0 spiro atoms. The van der Waals surface area contributed by atoms with Crippen LogP contribution in [0.3, 0.4) is 0 Å². The molecule has 1 aliphatic heterocycles. The maximum Gasteiger partial charge on any atom is 0.343 e. The highest BCUT2D eigenvalue weighted by Gasteiger charge is 2.34. The molecule has 0 saturated carbocycles. The van der Waals surface area contributed by atoms with Crippen LogP contribution in [-0.4, -0.2) is 46.3 Å². The van der Waals surface area contributed by atoms with Gasteiger partial charge in [-0.3, -0.25) is 4.79 Å². The van der Waals surface area contributed by atoms with Crippen molar-refractivity contribution in [2.24, 2.45) is 11.1 Å². The maximum absolute atomic E-state index is 14.4. The van der Waals surface area contributed by atoms with Crippen LogP contribution in [0.5, 0.6) is 0 Å². The first kappa shape index (κ1) is 21.8. The number of benzene rings is 1. The second-order valence-electron chi connectivity index (χ2n) is 8.57. The molecule has 0 saturated heterocycles. The number of primary amides is 1. The number of nitrogens with one attached hydrogen (secondary N) is 1. The van der Waals surface area contributed by atoms with E-state index in [9.17, 15) is 22.8 Å². The van der Waals surface area contributed by atoms with Crippen LogP contribution in [0.25, 0.3) is 11.3 Å². The zero-order valence-corrected chi connectivity index (χ0v) is 17.2. The standard InChI is InChI=1S/C20H24F3N5O2/c1-20(2,3)17(18(24)29)25-19(30)28-15-5-6-27(4)9-11(15)16(26-28)10-7-13(22)14(23)8-12(10)21/h7-8,17H,5-6,9H2,1-4H3,(H2,24,29)(H,25,30)/t17-/m1/s1. The summed E-state index contributed by atoms with van der Waals surface area (Å²) in [5, 5.41) is 6.80. The average Bonchev–Trinajstić information content (AvgIpc) is 2.99. The van der Waals surface area contributed by atoms with Crippen LogP contribution >= 0.6 is 0 Å². The number of halogens is 3. The lowest BCUT2D eigenvalue weighted by atomic mass is 9.86. The normalized spacial score (nSPS) is 15.6. The van der Waals surface area contributed by atoms with Crippen molar-refractivity contribution in [3.05, 3.63) is 40.8 Å². The monoisotopic (exact) mass is 423 g/mol. The van der Waals surface area contributed by atoms with Gasteiger partial charge in [0.25, 0.3) is 0 Å². The molecular formula is C20H24F3N5O2. The van der Waals surface area contributed by atoms with Gasteiger partial charge < -0.3 is 16.0 Å². The molecule has 1 aromatic heterocycles. The van der Waals surface area contributed by atoms with Gasteiger partial charge in [-0.1, -0.05) is 20.8 Å². The number of fused-ring (bicyclic) bond motifs is 1. The number of amides is 2. The van der Waals surface area contributed by atoms with Gasteiger partial charge >= 0.3 is 6.03 Å². The molecule has 2 aromatic rings. The lowest BCUT2D eigenvalue weighted by Gasteiger charge is -2.29. The predicted octanol–water partition coefficient (Wildman–Crippen LogP) is 2.41. The highest BCUT2D eigenvalue weighted by atomic mass is 19.2. The summed E-state index contributed by atoms with van der Waals surface area (Å²) in [6.45, 7) is 6.20. The number of hydrogen-bond donors (Lipinski definition) is 2. The van der Waals surface area contributed by atoms with Gasteiger partial charge in [0.05, 0.1) is 5.69 Å². The molecular weight excluding hydrogens is 399 g/mol. The van der Waals surface area contributed by atoms with Crippen LogP contribution in [0, 0.1) is 22.9 Å². The van der Waals surface area contributed by atoms with Crippen LogP contribution < -0.4 is 11.1 Å². The third kappa shape index (κ3) is 4.04. The van der Waals surface area contributed by atoms with Crippen molar-refractivity contribution in [3.8, 4) is 11.3 Å². The second-order valence-corrected chi connectivity index (χ2v) is 8.57. The summed E-state index contributed by atoms with van der Waals surface area (Å²) in [4.78, 5) is 26.7. The summed E-state index contributed by atoms with van der Waals surface area (Å²) in [5.74, 6) is -4.22. The molecule has 0 fully saturated rings. The second kappa shape index (κ2) is 7.75. The molecule has 1 atom stereocenters. The average molecular weight is 423 g/mol. The minimum Gasteiger partial charge on any atom is -0.368 e. The minimum absolute atomic E-state index is 0.0504. The first-order chi connectivity index (χ1) is 13.9. The molecule has 0 radical (unpaired) electrons. The Balaban J connectivity index is 2.09. The molecule has 1 aromatic carbocycles. The molecule has 7 nitrogen and oxygen atoms in total. The van der Waals surface area contributed by atoms with Crippen molar-refractivity contribution in [3.63, 3.8) is 0 Å². The van der Waals surface area contributed by atoms with Crippen LogP contribution in [-0.2, 0) is 17.8 Å². The van der Waals surface area contributed by atoms with Crippen LogP contribution in [0.2, 0.25) is 0 Å². The summed E-state index contributed by atoms with van der Waals surface area (Å²) in [7, 11) is 1.84. The third-order valence-electron chi connectivity index (χ3n) is 5.12. The smallest absolute Gasteiger partial charge is 0.343 e. The molecule has 2 amide bonds. The Morgan fingerprint density at radius 2 is 1.80 bits per heavy atom. The summed E-state index contributed by atoms with van der Waals surface area (Å²) >= 11 is 0. The first-order valence-electron chi connectivity index (χ1n) is 9.44. The van der Waals surface area contributed by atoms with Crippen molar-refractivity contribution in [1.29, 1.82) is 0 Å². The van der Waals surface area contributed by atoms with Crippen molar-refractivity contribution in [1.82, 2.24) is 20.0 Å². The lowest BCUT2D eigenvalue weighted by Crippen LogP contribution is -2.53. The van der Waals surface area contributed by atoms with Gasteiger partial charge in [-0.2, -0.15) is 9.78 Å². The predicted molar refractivity (Wildman–Crippen MR) is 104 cm³/mol. The summed E-state index contributed by atoms with van der Waals surface area (Å²) < 4.78 is 42.7. The van der Waals surface area contributed by atoms with E-state index in [0.717, 1.165) is 10.7 Å². The molecule has 3 N–H and O–H groups in total. The number of likely N-dealkylation sites (N-methyl/N-ethyl adjacent to an activating group) is 1. The quantitative estimate of drug-likeness (QED) is 0.742. The fourth-order valence-electron chi connectivity index (χ4n) is 3.54. The van der Waals surface area contributed by atoms with Gasteiger partial charge in [-0.25, -0.2) is 18.0 Å². The van der Waals surface area contributed by atoms with E-state index in [2.05, 4.69) is 10.4 Å². The topological polar surface area (TPSA) is 93.2 Å². The lowest BCUT2D eigenvalue weighted by molar-refractivity contribution is -0.122. The molecule has 2 heterocycles. The SMILES string of the molecule is CN1CCc2c(c(-c3cc(F)c(F)cc3F)nn2C(=O)N[C@H](C(N)=O)C(C)(C)C)C1. The van der Waals surface area contributed by atoms with E-state index >= 15 is 0 Å². The molecule has 1 aliphatic rings. The number of carbonyl (C=O) groups is 2. The number of carbonyl (C=O) groups excluding carboxylic acids is 2. The zero-order chi connectivity index (χ0) is 22.4. The Kier molecular flexibility index (Phi) is 5.64. The fourth-order valence-corrected chi connectivity index (χ4v) is 3.54. The summed E-state index contributed by atoms with van der Waals surface area (Å²) in [6, 6.07) is -0.500. The Hall–Kier alpha value is -2.88. The van der Waals surface area contributed by atoms with Crippen molar-refractivity contribution in [2.45, 2.75) is 39.8 Å². The van der Waals surface area contributed by atoms with Gasteiger partial charge in [-0.15, -0.1) is 0 Å². The molecule has 3 rings (SSSR count). The highest BCUT2D eigenvalue weighted by Crippen LogP contribution is 2.32. The maximum atomic E-state index is 14.4. The fraction of sp³-hybridized carbons (Fsp3) is 0.450. The number of nitrogens with zero attached hydrogens (tertiary/aromatic N) is 3. The molecule has 0 unspecified atom stereocenters. The van der Waals surface area contributed by atoms with E-state index in [1.165, 1.54) is 0 Å². The van der Waals surface area contributed by atoms with E-state index in [4.69, 9.17) is 5.73 Å². The van der Waals surface area contributed by atoms with Gasteiger partial charge in [-0.05, 0) is 18.5 Å². The van der Waals surface area contributed by atoms with Crippen LogP contribution in [0.4, 0.5) is 18.0 Å². The summed E-state index contributed by atoms with van der Waals surface area (Å²) in [5.41, 5.74) is 5.65. The van der Waals surface area contributed by atoms with Gasteiger partial charge in [0.1, 0.15) is 17.6 Å². The largest absolute Gasteiger partial charge is 0.368 e. The minimum atomic E-state index is -1.31. The Bertz CT molecular complexity index is 1010. The van der Waals surface area contributed by atoms with Crippen molar-refractivity contribution in [2.75, 3.05) is 13.6 Å². The summed E-state index contributed by atoms with van der Waals surface area (Å²) in [6.07, 6.45) is 0.425. The third-order valence-corrected chi connectivity index (χ3v) is 5.12. The first-order valence-corrected chi connectivity index (χ1v) is 9.44. The van der Waals surface area contributed by atoms with Gasteiger partial charge in [0, 0.05) is 36.7 Å². The Labute approximate surface area is 172 Å². The molecule has 10 heteroatoms. The Morgan fingerprint density at radius 1 is 1.17 bits per heavy atom. The molecule has 162 valence electrons. The molecule has 0 aliphatic carbocycles. The molecule has 0 bridgehead atoms. The highest BCUT2D eigenvalue weighted by molar-refractivity contribution is 5.88. The van der Waals surface area contributed by atoms with E-state index in [0.29, 0.717) is 36.8 Å².